The summed E-state index contributed by atoms with van der Waals surface area (Å²) in [6, 6.07) is 8.70. The van der Waals surface area contributed by atoms with Crippen LogP contribution in [0.25, 0.3) is 11.0 Å². The molecular formula is C17H14N2O4. The van der Waals surface area contributed by atoms with Gasteiger partial charge < -0.3 is 14.5 Å². The first-order valence-corrected chi connectivity index (χ1v) is 7.18. The second-order valence-corrected chi connectivity index (χ2v) is 5.20. The van der Waals surface area contributed by atoms with E-state index in [2.05, 4.69) is 11.4 Å². The summed E-state index contributed by atoms with van der Waals surface area (Å²) >= 11 is 0. The number of amides is 1. The number of carbonyl (C=O) groups excluding carboxylic acids is 1. The number of nitrogens with zero attached hydrogens (tertiary/aromatic N) is 1. The van der Waals surface area contributed by atoms with Gasteiger partial charge in [0.05, 0.1) is 13.2 Å². The monoisotopic (exact) mass is 310 g/mol. The van der Waals surface area contributed by atoms with Gasteiger partial charge in [0.2, 0.25) is 0 Å². The molecule has 1 N–H and O–H groups in total. The highest BCUT2D eigenvalue weighted by molar-refractivity contribution is 5.98. The maximum absolute atomic E-state index is 12.3. The number of allylic oxidation sites excluding steroid dienone is 2. The van der Waals surface area contributed by atoms with Gasteiger partial charge in [-0.25, -0.2) is 4.79 Å². The van der Waals surface area contributed by atoms with E-state index in [1.807, 2.05) is 0 Å². The Bertz CT molecular complexity index is 918. The summed E-state index contributed by atoms with van der Waals surface area (Å²) in [4.78, 5) is 24.4. The molecule has 1 aromatic heterocycles. The Labute approximate surface area is 132 Å². The lowest BCUT2D eigenvalue weighted by Crippen LogP contribution is -2.27. The zero-order chi connectivity index (χ0) is 16.4. The van der Waals surface area contributed by atoms with E-state index in [9.17, 15) is 9.59 Å². The SMILES string of the molecule is COc1cccc2cc(C(=O)NC3=C(C#N)CCC3)c(=O)oc12. The molecular weight excluding hydrogens is 296 g/mol. The van der Waals surface area contributed by atoms with Gasteiger partial charge in [0.1, 0.15) is 5.56 Å². The molecule has 0 saturated heterocycles. The molecule has 3 rings (SSSR count). The third-order valence-corrected chi connectivity index (χ3v) is 3.81. The van der Waals surface area contributed by atoms with Crippen molar-refractivity contribution < 1.29 is 13.9 Å². The molecule has 0 saturated carbocycles. The highest BCUT2D eigenvalue weighted by Crippen LogP contribution is 2.25. The average Bonchev–Trinajstić information content (AvgIpc) is 3.00. The Balaban J connectivity index is 2.00. The lowest BCUT2D eigenvalue weighted by molar-refractivity contribution is 0.0961. The lowest BCUT2D eigenvalue weighted by atomic mass is 10.1. The number of hydrogen-bond donors (Lipinski definition) is 1. The number of ether oxygens (including phenoxy) is 1. The Morgan fingerprint density at radius 1 is 1.39 bits per heavy atom. The second-order valence-electron chi connectivity index (χ2n) is 5.20. The van der Waals surface area contributed by atoms with Crippen LogP contribution in [0.2, 0.25) is 0 Å². The molecule has 0 spiro atoms. The first-order chi connectivity index (χ1) is 11.1. The minimum atomic E-state index is -0.739. The fraction of sp³-hybridized carbons (Fsp3) is 0.235. The van der Waals surface area contributed by atoms with Crippen LogP contribution in [0.4, 0.5) is 0 Å². The smallest absolute Gasteiger partial charge is 0.349 e. The fourth-order valence-corrected chi connectivity index (χ4v) is 2.65. The van der Waals surface area contributed by atoms with Crippen molar-refractivity contribution in [1.82, 2.24) is 5.32 Å². The van der Waals surface area contributed by atoms with Crippen molar-refractivity contribution in [2.75, 3.05) is 7.11 Å². The average molecular weight is 310 g/mol. The summed E-state index contributed by atoms with van der Waals surface area (Å²) in [6.07, 6.45) is 2.10. The van der Waals surface area contributed by atoms with E-state index in [1.54, 1.807) is 18.2 Å². The van der Waals surface area contributed by atoms with Gasteiger partial charge in [-0.15, -0.1) is 0 Å². The molecule has 0 radical (unpaired) electrons. The summed E-state index contributed by atoms with van der Waals surface area (Å²) < 4.78 is 10.4. The number of methoxy groups -OCH3 is 1. The Hall–Kier alpha value is -3.07. The molecule has 23 heavy (non-hydrogen) atoms. The largest absolute Gasteiger partial charge is 0.493 e. The zero-order valence-corrected chi connectivity index (χ0v) is 12.5. The number of fused-ring (bicyclic) bond motifs is 1. The van der Waals surface area contributed by atoms with Gasteiger partial charge in [-0.05, 0) is 31.4 Å². The minimum Gasteiger partial charge on any atom is -0.493 e. The van der Waals surface area contributed by atoms with Crippen molar-refractivity contribution in [3.05, 3.63) is 51.5 Å². The van der Waals surface area contributed by atoms with Crippen molar-refractivity contribution in [3.8, 4) is 11.8 Å². The third-order valence-electron chi connectivity index (χ3n) is 3.81. The van der Waals surface area contributed by atoms with Crippen LogP contribution in [0, 0.1) is 11.3 Å². The predicted molar refractivity (Wildman–Crippen MR) is 83.0 cm³/mol. The highest BCUT2D eigenvalue weighted by Gasteiger charge is 2.20. The molecule has 1 amide bonds. The van der Waals surface area contributed by atoms with Crippen LogP contribution in [0.15, 0.2) is 44.7 Å². The zero-order valence-electron chi connectivity index (χ0n) is 12.5. The van der Waals surface area contributed by atoms with E-state index >= 15 is 0 Å². The molecule has 1 aliphatic carbocycles. The summed E-state index contributed by atoms with van der Waals surface area (Å²) in [7, 11) is 1.48. The molecule has 116 valence electrons. The Morgan fingerprint density at radius 3 is 2.96 bits per heavy atom. The topological polar surface area (TPSA) is 92.3 Å². The van der Waals surface area contributed by atoms with Gasteiger partial charge in [-0.3, -0.25) is 4.79 Å². The Kier molecular flexibility index (Phi) is 3.85. The van der Waals surface area contributed by atoms with Crippen LogP contribution in [-0.2, 0) is 0 Å². The molecule has 1 heterocycles. The molecule has 2 aromatic rings. The van der Waals surface area contributed by atoms with E-state index in [4.69, 9.17) is 14.4 Å². The first kappa shape index (κ1) is 14.9. The van der Waals surface area contributed by atoms with E-state index in [0.717, 1.165) is 6.42 Å². The van der Waals surface area contributed by atoms with Gasteiger partial charge in [0.15, 0.2) is 11.3 Å². The Morgan fingerprint density at radius 2 is 2.22 bits per heavy atom. The summed E-state index contributed by atoms with van der Waals surface area (Å²) in [5.41, 5.74) is 0.612. The lowest BCUT2D eigenvalue weighted by Gasteiger charge is -2.07. The number of nitrogens with one attached hydrogen (secondary N) is 1. The molecule has 0 aliphatic heterocycles. The maximum atomic E-state index is 12.3. The molecule has 0 bridgehead atoms. The number of para-hydroxylation sites is 1. The van der Waals surface area contributed by atoms with Crippen molar-refractivity contribution >= 4 is 16.9 Å². The fourth-order valence-electron chi connectivity index (χ4n) is 2.65. The molecule has 0 unspecified atom stereocenters. The van der Waals surface area contributed by atoms with E-state index in [1.165, 1.54) is 13.2 Å². The van der Waals surface area contributed by atoms with Crippen molar-refractivity contribution in [2.45, 2.75) is 19.3 Å². The van der Waals surface area contributed by atoms with Gasteiger partial charge >= 0.3 is 5.63 Å². The van der Waals surface area contributed by atoms with Crippen molar-refractivity contribution in [3.63, 3.8) is 0 Å². The molecule has 0 atom stereocenters. The number of nitriles is 1. The quantitative estimate of drug-likeness (QED) is 0.879. The number of carbonyl (C=O) groups is 1. The van der Waals surface area contributed by atoms with Crippen LogP contribution < -0.4 is 15.7 Å². The molecule has 1 aliphatic rings. The standard InChI is InChI=1S/C17H14N2O4/c1-22-14-7-3-4-10-8-12(17(21)23-15(10)14)16(20)19-13-6-2-5-11(13)9-18/h3-4,7-8H,2,5-6H2,1H3,(H,19,20). The third kappa shape index (κ3) is 2.69. The van der Waals surface area contributed by atoms with Crippen LogP contribution in [-0.4, -0.2) is 13.0 Å². The minimum absolute atomic E-state index is 0.0950. The molecule has 6 heteroatoms. The van der Waals surface area contributed by atoms with Crippen molar-refractivity contribution in [2.24, 2.45) is 0 Å². The maximum Gasteiger partial charge on any atom is 0.349 e. The van der Waals surface area contributed by atoms with Gasteiger partial charge in [-0.2, -0.15) is 5.26 Å². The van der Waals surface area contributed by atoms with E-state index in [0.29, 0.717) is 40.8 Å². The second kappa shape index (κ2) is 5.97. The number of rotatable bonds is 3. The molecule has 1 aromatic carbocycles. The van der Waals surface area contributed by atoms with Gasteiger partial charge in [-0.1, -0.05) is 12.1 Å². The predicted octanol–water partition coefficient (Wildman–Crippen LogP) is 2.49. The van der Waals surface area contributed by atoms with Crippen LogP contribution in [0.3, 0.4) is 0 Å². The van der Waals surface area contributed by atoms with Crippen LogP contribution in [0.5, 0.6) is 5.75 Å². The van der Waals surface area contributed by atoms with Crippen LogP contribution >= 0.6 is 0 Å². The summed E-state index contributed by atoms with van der Waals surface area (Å²) in [5.74, 6) is -0.134. The normalized spacial score (nSPS) is 13.9. The highest BCUT2D eigenvalue weighted by atomic mass is 16.5. The van der Waals surface area contributed by atoms with Gasteiger partial charge in [0.25, 0.3) is 5.91 Å². The van der Waals surface area contributed by atoms with Crippen molar-refractivity contribution in [1.29, 1.82) is 5.26 Å². The van der Waals surface area contributed by atoms with Gasteiger partial charge in [0, 0.05) is 16.7 Å². The summed E-state index contributed by atoms with van der Waals surface area (Å²) in [5, 5.41) is 12.3. The van der Waals surface area contributed by atoms with E-state index in [-0.39, 0.29) is 5.56 Å². The molecule has 6 nitrogen and oxygen atoms in total. The van der Waals surface area contributed by atoms with Crippen LogP contribution in [0.1, 0.15) is 29.6 Å². The number of hydrogen-bond acceptors (Lipinski definition) is 5. The molecule has 0 fully saturated rings. The first-order valence-electron chi connectivity index (χ1n) is 7.18. The number of benzene rings is 1. The summed E-state index contributed by atoms with van der Waals surface area (Å²) in [6.45, 7) is 0. The van der Waals surface area contributed by atoms with E-state index < -0.39 is 11.5 Å².